The van der Waals surface area contributed by atoms with Gasteiger partial charge >= 0.3 is 6.18 Å². The van der Waals surface area contributed by atoms with E-state index < -0.39 is 11.9 Å². The summed E-state index contributed by atoms with van der Waals surface area (Å²) in [5.74, 6) is 0.00235. The molecule has 3 aromatic heterocycles. The van der Waals surface area contributed by atoms with Gasteiger partial charge in [-0.1, -0.05) is 13.0 Å². The molecule has 0 saturated carbocycles. The van der Waals surface area contributed by atoms with E-state index in [1.807, 2.05) is 6.92 Å². The molecule has 0 bridgehead atoms. The molecular formula is C16H14F3N5S. The SMILES string of the molecule is CCc1cnc(CNc2cc(C(F)(F)F)nc(-c3ccccn3)n2)s1. The Morgan fingerprint density at radius 1 is 1.16 bits per heavy atom. The lowest BCUT2D eigenvalue weighted by Crippen LogP contribution is -2.12. The minimum atomic E-state index is -4.57. The van der Waals surface area contributed by atoms with Crippen molar-refractivity contribution in [2.45, 2.75) is 26.1 Å². The van der Waals surface area contributed by atoms with Gasteiger partial charge in [-0.15, -0.1) is 11.3 Å². The van der Waals surface area contributed by atoms with E-state index in [1.54, 1.807) is 24.4 Å². The molecule has 0 aliphatic heterocycles. The lowest BCUT2D eigenvalue weighted by atomic mass is 10.3. The molecule has 9 heteroatoms. The van der Waals surface area contributed by atoms with Crippen LogP contribution in [0, 0.1) is 0 Å². The second kappa shape index (κ2) is 7.14. The van der Waals surface area contributed by atoms with Gasteiger partial charge in [0.2, 0.25) is 0 Å². The van der Waals surface area contributed by atoms with Gasteiger partial charge in [-0.25, -0.2) is 15.0 Å². The number of thiazole rings is 1. The first-order chi connectivity index (χ1) is 12.0. The molecule has 0 radical (unpaired) electrons. The molecule has 0 atom stereocenters. The molecule has 0 fully saturated rings. The maximum atomic E-state index is 13.1. The number of alkyl halides is 3. The second-order valence-corrected chi connectivity index (χ2v) is 6.30. The smallest absolute Gasteiger partial charge is 0.363 e. The summed E-state index contributed by atoms with van der Waals surface area (Å²) in [5.41, 5.74) is -0.738. The second-order valence-electron chi connectivity index (χ2n) is 5.10. The zero-order valence-corrected chi connectivity index (χ0v) is 14.0. The van der Waals surface area contributed by atoms with Crippen LogP contribution >= 0.6 is 11.3 Å². The molecule has 25 heavy (non-hydrogen) atoms. The fourth-order valence-corrected chi connectivity index (χ4v) is 2.85. The summed E-state index contributed by atoms with van der Waals surface area (Å²) in [4.78, 5) is 17.1. The van der Waals surface area contributed by atoms with Crippen LogP contribution in [0.4, 0.5) is 19.0 Å². The van der Waals surface area contributed by atoms with Gasteiger partial charge in [0.05, 0.1) is 6.54 Å². The van der Waals surface area contributed by atoms with Crippen molar-refractivity contribution < 1.29 is 13.2 Å². The van der Waals surface area contributed by atoms with Crippen LogP contribution in [0.5, 0.6) is 0 Å². The molecule has 3 rings (SSSR count). The van der Waals surface area contributed by atoms with E-state index in [4.69, 9.17) is 0 Å². The number of hydrogen-bond acceptors (Lipinski definition) is 6. The third-order valence-corrected chi connectivity index (χ3v) is 4.42. The molecule has 0 unspecified atom stereocenters. The van der Waals surface area contributed by atoms with E-state index in [-0.39, 0.29) is 17.3 Å². The van der Waals surface area contributed by atoms with Crippen molar-refractivity contribution in [3.63, 3.8) is 0 Å². The highest BCUT2D eigenvalue weighted by Crippen LogP contribution is 2.30. The molecule has 0 aliphatic carbocycles. The largest absolute Gasteiger partial charge is 0.433 e. The molecule has 1 N–H and O–H groups in total. The number of aryl methyl sites for hydroxylation is 1. The van der Waals surface area contributed by atoms with Crippen molar-refractivity contribution in [3.8, 4) is 11.5 Å². The number of anilines is 1. The molecule has 0 aliphatic rings. The summed E-state index contributed by atoms with van der Waals surface area (Å²) < 4.78 is 39.4. The Labute approximate surface area is 146 Å². The normalized spacial score (nSPS) is 11.5. The van der Waals surface area contributed by atoms with Crippen LogP contribution in [0.15, 0.2) is 36.7 Å². The number of nitrogens with zero attached hydrogens (tertiary/aromatic N) is 4. The monoisotopic (exact) mass is 365 g/mol. The Balaban J connectivity index is 1.89. The maximum Gasteiger partial charge on any atom is 0.433 e. The Hall–Kier alpha value is -2.55. The van der Waals surface area contributed by atoms with Gasteiger partial charge < -0.3 is 5.32 Å². The standard InChI is InChI=1S/C16H14F3N5S/c1-2-10-8-22-14(25-10)9-21-13-7-12(16(17,18)19)23-15(24-13)11-5-3-4-6-20-11/h3-8H,2,9H2,1H3,(H,21,23,24). The van der Waals surface area contributed by atoms with Gasteiger partial charge in [-0.05, 0) is 18.6 Å². The van der Waals surface area contributed by atoms with E-state index in [9.17, 15) is 13.2 Å². The van der Waals surface area contributed by atoms with Crippen LogP contribution in [0.25, 0.3) is 11.5 Å². The van der Waals surface area contributed by atoms with Crippen molar-refractivity contribution in [1.29, 1.82) is 0 Å². The van der Waals surface area contributed by atoms with Crippen molar-refractivity contribution >= 4 is 17.2 Å². The van der Waals surface area contributed by atoms with Gasteiger partial charge in [0.1, 0.15) is 16.5 Å². The number of aromatic nitrogens is 4. The number of halogens is 3. The molecule has 0 spiro atoms. The van der Waals surface area contributed by atoms with E-state index in [2.05, 4.69) is 25.3 Å². The molecule has 0 aromatic carbocycles. The summed E-state index contributed by atoms with van der Waals surface area (Å²) in [6.07, 6.45) is -0.456. The van der Waals surface area contributed by atoms with Crippen molar-refractivity contribution in [2.24, 2.45) is 0 Å². The zero-order valence-electron chi connectivity index (χ0n) is 13.2. The van der Waals surface area contributed by atoms with Crippen LogP contribution in [0.1, 0.15) is 22.5 Å². The summed E-state index contributed by atoms with van der Waals surface area (Å²) >= 11 is 1.51. The van der Waals surface area contributed by atoms with Crippen molar-refractivity contribution in [3.05, 3.63) is 52.2 Å². The molecular weight excluding hydrogens is 351 g/mol. The fourth-order valence-electron chi connectivity index (χ4n) is 2.05. The topological polar surface area (TPSA) is 63.6 Å². The highest BCUT2D eigenvalue weighted by atomic mass is 32.1. The number of rotatable bonds is 5. The van der Waals surface area contributed by atoms with Crippen molar-refractivity contribution in [1.82, 2.24) is 19.9 Å². The Morgan fingerprint density at radius 3 is 2.64 bits per heavy atom. The number of hydrogen-bond donors (Lipinski definition) is 1. The minimum absolute atomic E-state index is 0.0775. The third-order valence-electron chi connectivity index (χ3n) is 3.28. The van der Waals surface area contributed by atoms with E-state index in [1.165, 1.54) is 17.5 Å². The van der Waals surface area contributed by atoms with Crippen LogP contribution in [0.2, 0.25) is 0 Å². The highest BCUT2D eigenvalue weighted by molar-refractivity contribution is 7.11. The van der Waals surface area contributed by atoms with E-state index in [0.717, 1.165) is 22.4 Å². The number of pyridine rings is 1. The fraction of sp³-hybridized carbons (Fsp3) is 0.250. The Bertz CT molecular complexity index is 848. The van der Waals surface area contributed by atoms with Gasteiger partial charge in [0.15, 0.2) is 11.5 Å². The lowest BCUT2D eigenvalue weighted by molar-refractivity contribution is -0.141. The predicted molar refractivity (Wildman–Crippen MR) is 89.1 cm³/mol. The molecule has 0 saturated heterocycles. The van der Waals surface area contributed by atoms with Crippen molar-refractivity contribution in [2.75, 3.05) is 5.32 Å². The molecule has 130 valence electrons. The first-order valence-corrected chi connectivity index (χ1v) is 8.32. The van der Waals surface area contributed by atoms with Crippen LogP contribution < -0.4 is 5.32 Å². The number of nitrogens with one attached hydrogen (secondary N) is 1. The summed E-state index contributed by atoms with van der Waals surface area (Å²) in [6, 6.07) is 5.79. The molecule has 3 aromatic rings. The predicted octanol–water partition coefficient (Wildman–Crippen LogP) is 4.19. The quantitative estimate of drug-likeness (QED) is 0.735. The first kappa shape index (κ1) is 17.3. The lowest BCUT2D eigenvalue weighted by Gasteiger charge is -2.11. The maximum absolute atomic E-state index is 13.1. The van der Waals surface area contributed by atoms with Gasteiger partial charge in [0, 0.05) is 23.3 Å². The van der Waals surface area contributed by atoms with Gasteiger partial charge in [0.25, 0.3) is 0 Å². The summed E-state index contributed by atoms with van der Waals surface area (Å²) in [6.45, 7) is 2.31. The molecule has 3 heterocycles. The summed E-state index contributed by atoms with van der Waals surface area (Å²) in [7, 11) is 0. The van der Waals surface area contributed by atoms with Crippen LogP contribution in [0.3, 0.4) is 0 Å². The van der Waals surface area contributed by atoms with Crippen LogP contribution in [-0.2, 0) is 19.1 Å². The van der Waals surface area contributed by atoms with Crippen LogP contribution in [-0.4, -0.2) is 19.9 Å². The Morgan fingerprint density at radius 2 is 2.00 bits per heavy atom. The Kier molecular flexibility index (Phi) is 4.93. The molecule has 5 nitrogen and oxygen atoms in total. The first-order valence-electron chi connectivity index (χ1n) is 7.51. The minimum Gasteiger partial charge on any atom is -0.363 e. The average molecular weight is 365 g/mol. The highest BCUT2D eigenvalue weighted by Gasteiger charge is 2.34. The third kappa shape index (κ3) is 4.30. The summed E-state index contributed by atoms with van der Waals surface area (Å²) in [5, 5.41) is 3.67. The van der Waals surface area contributed by atoms with Gasteiger partial charge in [-0.2, -0.15) is 13.2 Å². The molecule has 0 amide bonds. The van der Waals surface area contributed by atoms with E-state index in [0.29, 0.717) is 6.54 Å². The van der Waals surface area contributed by atoms with Gasteiger partial charge in [-0.3, -0.25) is 4.98 Å². The van der Waals surface area contributed by atoms with E-state index >= 15 is 0 Å². The zero-order chi connectivity index (χ0) is 17.9. The average Bonchev–Trinajstić information content (AvgIpc) is 3.08.